The average molecular weight is 1640 g/mol. The average Bonchev–Trinajstić information content (AvgIpc) is 0.749. The Labute approximate surface area is 711 Å². The first kappa shape index (κ1) is 86.7. The van der Waals surface area contributed by atoms with Crippen LogP contribution < -0.4 is 85.6 Å². The summed E-state index contributed by atoms with van der Waals surface area (Å²) >= 11 is 0. The second kappa shape index (κ2) is 45.4. The Hall–Kier alpha value is -10.2. The van der Waals surface area contributed by atoms with Gasteiger partial charge in [-0.05, 0) is 73.8 Å². The summed E-state index contributed by atoms with van der Waals surface area (Å²) in [5, 5.41) is 3.84. The SMILES string of the molecule is C1=C\CC/C=C\CC/1.COc1ccccc1PC1(C)CCCCC1.COc1ccccc1PC1(C)CCCCC1.[Rh+3].c1ccc([B-](c2ccccc2)(c2ccccc2)c2ccccc2)cc1.c1ccc([B-](c2ccccc2)(c2ccccc2)c2ccccc2)cc1.c1ccc([B-](c2ccccc2)(c2ccccc2)c2ccccc2)cc1. The van der Waals surface area contributed by atoms with Crippen molar-refractivity contribution in [3.8, 4) is 11.5 Å². The van der Waals surface area contributed by atoms with E-state index in [9.17, 15) is 0 Å². The van der Waals surface area contributed by atoms with Crippen LogP contribution in [0.4, 0.5) is 0 Å². The van der Waals surface area contributed by atoms with Crippen molar-refractivity contribution < 1.29 is 29.0 Å². The van der Waals surface area contributed by atoms with Crippen molar-refractivity contribution in [2.75, 3.05) is 14.2 Å². The number of rotatable bonds is 18. The topological polar surface area (TPSA) is 18.5 Å². The molecule has 2 nitrogen and oxygen atoms in total. The third kappa shape index (κ3) is 22.3. The summed E-state index contributed by atoms with van der Waals surface area (Å²) in [7, 11) is 5.32. The number of ether oxygens (including phenoxy) is 2. The largest absolute Gasteiger partial charge is 3.00 e. The van der Waals surface area contributed by atoms with Crippen molar-refractivity contribution in [1.29, 1.82) is 0 Å². The van der Waals surface area contributed by atoms with E-state index in [1.807, 2.05) is 0 Å². The summed E-state index contributed by atoms with van der Waals surface area (Å²) < 4.78 is 10.9. The second-order valence-electron chi connectivity index (χ2n) is 31.5. The minimum atomic E-state index is -1.22. The van der Waals surface area contributed by atoms with E-state index >= 15 is 0 Å². The van der Waals surface area contributed by atoms with Crippen LogP contribution in [0.3, 0.4) is 0 Å². The van der Waals surface area contributed by atoms with Gasteiger partial charge in [0.05, 0.1) is 14.2 Å². The Kier molecular flexibility index (Phi) is 33.9. The van der Waals surface area contributed by atoms with Gasteiger partial charge in [-0.3, -0.25) is 0 Å². The molecule has 3 aliphatic carbocycles. The normalized spacial score (nSPS) is 14.7. The molecule has 2 unspecified atom stereocenters. The zero-order valence-electron chi connectivity index (χ0n) is 68.4. The third-order valence-electron chi connectivity index (χ3n) is 23.9. The fourth-order valence-corrected chi connectivity index (χ4v) is 21.8. The van der Waals surface area contributed by atoms with Crippen LogP contribution in [0.1, 0.15) is 104 Å². The minimum Gasteiger partial charge on any atom is -0.496 e. The first-order chi connectivity index (χ1) is 56.7. The first-order valence-electron chi connectivity index (χ1n) is 42.0. The summed E-state index contributed by atoms with van der Waals surface area (Å²) in [5.74, 6) is 2.13. The number of benzene rings is 14. The van der Waals surface area contributed by atoms with Crippen molar-refractivity contribution in [3.05, 3.63) is 437 Å². The number of hydrogen-bond acceptors (Lipinski definition) is 2. The molecule has 0 saturated heterocycles. The number of allylic oxidation sites excluding steroid dienone is 4. The summed E-state index contributed by atoms with van der Waals surface area (Å²) in [4.78, 5) is 0. The molecule has 14 aromatic carbocycles. The van der Waals surface area contributed by atoms with Crippen LogP contribution in [0, 0.1) is 0 Å². The summed E-state index contributed by atoms with van der Waals surface area (Å²) in [6.45, 7) is 4.88. The zero-order valence-corrected chi connectivity index (χ0v) is 72.0. The van der Waals surface area contributed by atoms with E-state index in [0.29, 0.717) is 10.3 Å². The van der Waals surface area contributed by atoms with E-state index in [2.05, 4.69) is 451 Å². The van der Waals surface area contributed by atoms with Gasteiger partial charge in [-0.25, -0.2) is 0 Å². The van der Waals surface area contributed by atoms with Crippen molar-refractivity contribution in [1.82, 2.24) is 0 Å². The number of hydrogen-bond donors (Lipinski definition) is 0. The molecule has 2 saturated carbocycles. The summed E-state index contributed by atoms with van der Waals surface area (Å²) in [5.41, 5.74) is 16.1. The molecule has 0 aromatic heterocycles. The fraction of sp³-hybridized carbons (Fsp3) is 0.185. The molecule has 0 N–H and O–H groups in total. The molecule has 2 atom stereocenters. The molecule has 17 rings (SSSR count). The molecule has 0 radical (unpaired) electrons. The predicted octanol–water partition coefficient (Wildman–Crippen LogP) is 19.3. The molecule has 586 valence electrons. The third-order valence-corrected chi connectivity index (χ3v) is 27.5. The maximum absolute atomic E-state index is 5.44. The van der Waals surface area contributed by atoms with Gasteiger partial charge in [0.15, 0.2) is 0 Å². The van der Waals surface area contributed by atoms with E-state index in [-0.39, 0.29) is 19.5 Å². The van der Waals surface area contributed by atoms with Gasteiger partial charge in [0.1, 0.15) is 29.9 Å². The van der Waals surface area contributed by atoms with Gasteiger partial charge in [0, 0.05) is 10.6 Å². The molecular formula is C108H114B3O2P2Rh. The minimum absolute atomic E-state index is 0. The standard InChI is InChI=1S/3C24H20B.2C14H21OP.C8H12.Rh/c3*1-5-13-21(14-6-1)25(22-15-7-2-8-16-22,23-17-9-3-10-18-23)24-19-11-4-12-20-24;2*1-14(10-6-3-7-11-14)16-13-9-5-4-8-12(13)15-2;1-2-4-6-8-7-5-3-1;/h3*1-20H;2*4-5,8-9,16H,3,6-7,10-11H2,1-2H3;1-2,7-8H,3-6H2;/q3*-1;;;;+3/b;;;;;2-1-,8-7-;. The van der Waals surface area contributed by atoms with Crippen LogP contribution in [0.15, 0.2) is 437 Å². The van der Waals surface area contributed by atoms with Crippen molar-refractivity contribution in [2.45, 2.75) is 114 Å². The molecule has 0 aliphatic heterocycles. The van der Waals surface area contributed by atoms with E-state index in [1.54, 1.807) is 14.2 Å². The molecule has 2 fully saturated rings. The molecule has 0 spiro atoms. The molecule has 0 amide bonds. The van der Waals surface area contributed by atoms with E-state index < -0.39 is 18.4 Å². The van der Waals surface area contributed by atoms with Crippen molar-refractivity contribution in [3.63, 3.8) is 0 Å². The molecule has 0 bridgehead atoms. The Morgan fingerprint density at radius 1 is 0.207 bits per heavy atom. The van der Waals surface area contributed by atoms with Crippen molar-refractivity contribution in [2.24, 2.45) is 0 Å². The fourth-order valence-electron chi connectivity index (χ4n) is 18.3. The summed E-state index contributed by atoms with van der Waals surface area (Å²) in [6.07, 6.45) is 24.3. The van der Waals surface area contributed by atoms with Crippen LogP contribution in [0.25, 0.3) is 0 Å². The predicted molar refractivity (Wildman–Crippen MR) is 512 cm³/mol. The maximum Gasteiger partial charge on any atom is 3.00 e. The Bertz CT molecular complexity index is 4130. The number of para-hydroxylation sites is 2. The van der Waals surface area contributed by atoms with Gasteiger partial charge in [-0.15, -0.1) is 0 Å². The smallest absolute Gasteiger partial charge is 0.496 e. The van der Waals surface area contributed by atoms with Crippen molar-refractivity contribution >= 4 is 112 Å². The molecule has 8 heteroatoms. The van der Waals surface area contributed by atoms with Gasteiger partial charge < -0.3 is 9.47 Å². The first-order valence-corrected chi connectivity index (χ1v) is 44.0. The number of methoxy groups -OCH3 is 2. The van der Waals surface area contributed by atoms with Gasteiger partial charge in [-0.1, -0.05) is 494 Å². The molecule has 0 heterocycles. The Morgan fingerprint density at radius 2 is 0.353 bits per heavy atom. The second-order valence-corrected chi connectivity index (χ2v) is 35.5. The molecule has 14 aromatic rings. The quantitative estimate of drug-likeness (QED) is 0.0484. The van der Waals surface area contributed by atoms with E-state index in [1.165, 1.54) is 166 Å². The van der Waals surface area contributed by atoms with Gasteiger partial charge >= 0.3 is 19.5 Å². The maximum atomic E-state index is 5.44. The molecule has 3 aliphatic rings. The van der Waals surface area contributed by atoms with Crippen LogP contribution >= 0.6 is 17.2 Å². The van der Waals surface area contributed by atoms with Crippen LogP contribution in [-0.2, 0) is 19.5 Å². The Morgan fingerprint density at radius 3 is 0.509 bits per heavy atom. The van der Waals surface area contributed by atoms with E-state index in [4.69, 9.17) is 9.47 Å². The molecule has 116 heavy (non-hydrogen) atoms. The van der Waals surface area contributed by atoms with Crippen LogP contribution in [0.2, 0.25) is 0 Å². The molecular weight excluding hydrogens is 1530 g/mol. The van der Waals surface area contributed by atoms with Gasteiger partial charge in [-0.2, -0.15) is 65.6 Å². The van der Waals surface area contributed by atoms with Gasteiger partial charge in [0.25, 0.3) is 0 Å². The monoisotopic (exact) mass is 1640 g/mol. The Balaban J connectivity index is 0.000000140. The van der Waals surface area contributed by atoms with E-state index in [0.717, 1.165) is 28.7 Å². The van der Waals surface area contributed by atoms with Crippen LogP contribution in [0.5, 0.6) is 11.5 Å². The summed E-state index contributed by atoms with van der Waals surface area (Å²) in [6, 6.07) is 148. The van der Waals surface area contributed by atoms with Crippen LogP contribution in [-0.4, -0.2) is 43.0 Å². The zero-order chi connectivity index (χ0) is 79.4. The van der Waals surface area contributed by atoms with Gasteiger partial charge in [0.2, 0.25) is 0 Å².